The fourth-order valence-electron chi connectivity index (χ4n) is 2.12. The van der Waals surface area contributed by atoms with Crippen LogP contribution in [0.2, 0.25) is 10.0 Å². The van der Waals surface area contributed by atoms with Crippen molar-refractivity contribution < 1.29 is 4.74 Å². The molecule has 2 unspecified atom stereocenters. The molecule has 1 N–H and O–H groups in total. The van der Waals surface area contributed by atoms with Gasteiger partial charge in [0.1, 0.15) is 0 Å². The Labute approximate surface area is 112 Å². The lowest BCUT2D eigenvalue weighted by Gasteiger charge is -2.06. The summed E-state index contributed by atoms with van der Waals surface area (Å²) in [5.41, 5.74) is 1.19. The van der Waals surface area contributed by atoms with Crippen LogP contribution in [0.15, 0.2) is 18.2 Å². The van der Waals surface area contributed by atoms with E-state index in [-0.39, 0.29) is 0 Å². The lowest BCUT2D eigenvalue weighted by molar-refractivity contribution is 0.199. The zero-order chi connectivity index (χ0) is 12.3. The predicted octanol–water partition coefficient (Wildman–Crippen LogP) is 3.33. The number of halogens is 2. The zero-order valence-electron chi connectivity index (χ0n) is 9.88. The summed E-state index contributed by atoms with van der Waals surface area (Å²) in [5.74, 6) is 1.25. The topological polar surface area (TPSA) is 21.3 Å². The predicted molar refractivity (Wildman–Crippen MR) is 72.1 cm³/mol. The summed E-state index contributed by atoms with van der Waals surface area (Å²) >= 11 is 12.2. The van der Waals surface area contributed by atoms with Crippen molar-refractivity contribution in [1.82, 2.24) is 5.32 Å². The highest BCUT2D eigenvalue weighted by molar-refractivity contribution is 6.42. The molecule has 17 heavy (non-hydrogen) atoms. The molecule has 2 rings (SSSR count). The van der Waals surface area contributed by atoms with E-state index in [4.69, 9.17) is 27.9 Å². The van der Waals surface area contributed by atoms with Gasteiger partial charge in [-0.2, -0.15) is 0 Å². The highest BCUT2D eigenvalue weighted by Crippen LogP contribution is 2.50. The van der Waals surface area contributed by atoms with E-state index >= 15 is 0 Å². The SMILES string of the molecule is COCCNCC1CC1c1cccc(Cl)c1Cl. The van der Waals surface area contributed by atoms with Crippen molar-refractivity contribution in [1.29, 1.82) is 0 Å². The van der Waals surface area contributed by atoms with Crippen LogP contribution in [0.3, 0.4) is 0 Å². The molecule has 0 heterocycles. The Bertz CT molecular complexity index is 384. The molecule has 1 aromatic rings. The van der Waals surface area contributed by atoms with Crippen molar-refractivity contribution >= 4 is 23.2 Å². The molecule has 0 aromatic heterocycles. The summed E-state index contributed by atoms with van der Waals surface area (Å²) in [5, 5.41) is 4.76. The van der Waals surface area contributed by atoms with Gasteiger partial charge in [-0.05, 0) is 36.4 Å². The zero-order valence-corrected chi connectivity index (χ0v) is 11.4. The summed E-state index contributed by atoms with van der Waals surface area (Å²) in [7, 11) is 1.72. The lowest BCUT2D eigenvalue weighted by Crippen LogP contribution is -2.21. The van der Waals surface area contributed by atoms with E-state index in [0.717, 1.165) is 24.7 Å². The Morgan fingerprint density at radius 1 is 1.41 bits per heavy atom. The van der Waals surface area contributed by atoms with Crippen molar-refractivity contribution in [2.45, 2.75) is 12.3 Å². The van der Waals surface area contributed by atoms with Gasteiger partial charge < -0.3 is 10.1 Å². The number of nitrogens with one attached hydrogen (secondary N) is 1. The van der Waals surface area contributed by atoms with Crippen LogP contribution >= 0.6 is 23.2 Å². The maximum absolute atomic E-state index is 6.20. The largest absolute Gasteiger partial charge is 0.383 e. The van der Waals surface area contributed by atoms with Gasteiger partial charge in [-0.15, -0.1) is 0 Å². The minimum atomic E-state index is 0.566. The quantitative estimate of drug-likeness (QED) is 0.803. The monoisotopic (exact) mass is 273 g/mol. The van der Waals surface area contributed by atoms with Gasteiger partial charge in [0.15, 0.2) is 0 Å². The molecule has 0 saturated heterocycles. The molecule has 0 amide bonds. The third-order valence-corrected chi connectivity index (χ3v) is 4.03. The van der Waals surface area contributed by atoms with E-state index < -0.39 is 0 Å². The first-order valence-corrected chi connectivity index (χ1v) is 6.63. The molecule has 1 aromatic carbocycles. The third-order valence-electron chi connectivity index (χ3n) is 3.19. The highest BCUT2D eigenvalue weighted by atomic mass is 35.5. The first kappa shape index (κ1) is 13.2. The number of methoxy groups -OCH3 is 1. The Balaban J connectivity index is 1.83. The van der Waals surface area contributed by atoms with Gasteiger partial charge in [0.05, 0.1) is 16.7 Å². The Hall–Kier alpha value is -0.280. The van der Waals surface area contributed by atoms with E-state index in [1.807, 2.05) is 12.1 Å². The van der Waals surface area contributed by atoms with Crippen molar-refractivity contribution in [2.75, 3.05) is 26.8 Å². The van der Waals surface area contributed by atoms with Gasteiger partial charge in [0.25, 0.3) is 0 Å². The molecule has 1 saturated carbocycles. The summed E-state index contributed by atoms with van der Waals surface area (Å²) in [6.45, 7) is 2.69. The Kier molecular flexibility index (Phi) is 4.69. The Morgan fingerprint density at radius 3 is 3.00 bits per heavy atom. The molecule has 4 heteroatoms. The normalized spacial score (nSPS) is 22.8. The van der Waals surface area contributed by atoms with Gasteiger partial charge in [0, 0.05) is 13.7 Å². The maximum Gasteiger partial charge on any atom is 0.0627 e. The molecule has 0 spiro atoms. The molecule has 2 nitrogen and oxygen atoms in total. The van der Waals surface area contributed by atoms with Crippen LogP contribution in [0.1, 0.15) is 17.9 Å². The molecule has 2 atom stereocenters. The van der Waals surface area contributed by atoms with E-state index in [1.54, 1.807) is 7.11 Å². The summed E-state index contributed by atoms with van der Waals surface area (Å²) < 4.78 is 4.99. The number of hydrogen-bond donors (Lipinski definition) is 1. The second-order valence-electron chi connectivity index (χ2n) is 4.44. The fourth-order valence-corrected chi connectivity index (χ4v) is 2.57. The standard InChI is InChI=1S/C13H17Cl2NO/c1-17-6-5-16-8-9-7-11(9)10-3-2-4-12(14)13(10)15/h2-4,9,11,16H,5-8H2,1H3. The number of benzene rings is 1. The van der Waals surface area contributed by atoms with E-state index in [2.05, 4.69) is 11.4 Å². The van der Waals surface area contributed by atoms with Gasteiger partial charge in [-0.25, -0.2) is 0 Å². The molecule has 0 radical (unpaired) electrons. The first-order chi connectivity index (χ1) is 8.24. The average molecular weight is 274 g/mol. The van der Waals surface area contributed by atoms with Crippen LogP contribution in [0, 0.1) is 5.92 Å². The average Bonchev–Trinajstić information content (AvgIpc) is 3.08. The smallest absolute Gasteiger partial charge is 0.0627 e. The van der Waals surface area contributed by atoms with Crippen molar-refractivity contribution in [3.63, 3.8) is 0 Å². The van der Waals surface area contributed by atoms with Gasteiger partial charge in [-0.3, -0.25) is 0 Å². The van der Waals surface area contributed by atoms with E-state index in [9.17, 15) is 0 Å². The molecular weight excluding hydrogens is 257 g/mol. The number of ether oxygens (including phenoxy) is 1. The summed E-state index contributed by atoms with van der Waals surface area (Å²) in [6.07, 6.45) is 1.19. The van der Waals surface area contributed by atoms with Crippen LogP contribution in [-0.2, 0) is 4.74 Å². The van der Waals surface area contributed by atoms with E-state index in [0.29, 0.717) is 16.9 Å². The van der Waals surface area contributed by atoms with Gasteiger partial charge in [-0.1, -0.05) is 35.3 Å². The van der Waals surface area contributed by atoms with E-state index in [1.165, 1.54) is 12.0 Å². The molecule has 1 aliphatic carbocycles. The van der Waals surface area contributed by atoms with Crippen molar-refractivity contribution in [3.8, 4) is 0 Å². The van der Waals surface area contributed by atoms with Crippen molar-refractivity contribution in [3.05, 3.63) is 33.8 Å². The summed E-state index contributed by atoms with van der Waals surface area (Å²) in [6, 6.07) is 5.88. The molecule has 0 aliphatic heterocycles. The van der Waals surface area contributed by atoms with Crippen LogP contribution in [0.5, 0.6) is 0 Å². The molecule has 0 bridgehead atoms. The second kappa shape index (κ2) is 6.05. The molecule has 1 fully saturated rings. The van der Waals surface area contributed by atoms with Crippen LogP contribution in [0.4, 0.5) is 0 Å². The Morgan fingerprint density at radius 2 is 2.24 bits per heavy atom. The minimum absolute atomic E-state index is 0.566. The third kappa shape index (κ3) is 3.35. The van der Waals surface area contributed by atoms with Crippen molar-refractivity contribution in [2.24, 2.45) is 5.92 Å². The molecule has 1 aliphatic rings. The molecular formula is C13H17Cl2NO. The lowest BCUT2D eigenvalue weighted by atomic mass is 10.1. The maximum atomic E-state index is 6.20. The summed E-state index contributed by atoms with van der Waals surface area (Å²) in [4.78, 5) is 0. The second-order valence-corrected chi connectivity index (χ2v) is 5.23. The minimum Gasteiger partial charge on any atom is -0.383 e. The molecule has 94 valence electrons. The fraction of sp³-hybridized carbons (Fsp3) is 0.538. The highest BCUT2D eigenvalue weighted by Gasteiger charge is 2.39. The van der Waals surface area contributed by atoms with Gasteiger partial charge >= 0.3 is 0 Å². The first-order valence-electron chi connectivity index (χ1n) is 5.87. The number of rotatable bonds is 6. The van der Waals surface area contributed by atoms with Crippen LogP contribution in [0.25, 0.3) is 0 Å². The number of hydrogen-bond acceptors (Lipinski definition) is 2. The van der Waals surface area contributed by atoms with Crippen LogP contribution < -0.4 is 5.32 Å². The van der Waals surface area contributed by atoms with Gasteiger partial charge in [0.2, 0.25) is 0 Å². The van der Waals surface area contributed by atoms with Crippen LogP contribution in [-0.4, -0.2) is 26.8 Å².